The number of alkyl halides is 3. The Bertz CT molecular complexity index is 579. The van der Waals surface area contributed by atoms with Crippen molar-refractivity contribution in [3.8, 4) is 0 Å². The fraction of sp³-hybridized carbons (Fsp3) is 0.444. The van der Waals surface area contributed by atoms with Gasteiger partial charge in [0.25, 0.3) is 0 Å². The predicted octanol–water partition coefficient (Wildman–Crippen LogP) is 2.59. The molecule has 5 nitrogen and oxygen atoms in total. The Morgan fingerprint density at radius 1 is 1.28 bits per heavy atom. The zero-order chi connectivity index (χ0) is 13.5. The minimum absolute atomic E-state index is 0.0144. The summed E-state index contributed by atoms with van der Waals surface area (Å²) in [6, 6.07) is 0. The summed E-state index contributed by atoms with van der Waals surface area (Å²) in [5.74, 6) is -1.02. The van der Waals surface area contributed by atoms with Crippen molar-refractivity contribution < 1.29 is 13.2 Å². The number of rotatable bonds is 2. The van der Waals surface area contributed by atoms with E-state index in [0.717, 1.165) is 0 Å². The predicted molar refractivity (Wildman–Crippen MR) is 63.3 cm³/mol. The number of H-pyrrole nitrogens is 1. The van der Waals surface area contributed by atoms with Crippen molar-refractivity contribution in [2.75, 3.05) is 18.5 Å². The first-order valence-electron chi connectivity index (χ1n) is 5.04. The molecule has 0 amide bonds. The molecule has 1 N–H and O–H groups in total. The van der Waals surface area contributed by atoms with E-state index < -0.39 is 12.0 Å². The lowest BCUT2D eigenvalue weighted by molar-refractivity contribution is -0.144. The van der Waals surface area contributed by atoms with Crippen molar-refractivity contribution in [3.05, 3.63) is 10.6 Å². The van der Waals surface area contributed by atoms with Gasteiger partial charge in [-0.1, -0.05) is 0 Å². The molecular formula is C9H9BrF3N5. The molecule has 98 valence electrons. The van der Waals surface area contributed by atoms with Crippen molar-refractivity contribution in [1.82, 2.24) is 19.9 Å². The van der Waals surface area contributed by atoms with Crippen LogP contribution in [0.3, 0.4) is 0 Å². The number of nitrogens with zero attached hydrogens (tertiary/aromatic N) is 4. The first-order valence-corrected chi connectivity index (χ1v) is 5.83. The van der Waals surface area contributed by atoms with Crippen LogP contribution in [0.2, 0.25) is 0 Å². The fourth-order valence-corrected chi connectivity index (χ4v) is 1.77. The van der Waals surface area contributed by atoms with Crippen molar-refractivity contribution in [1.29, 1.82) is 0 Å². The molecule has 2 rings (SSSR count). The molecule has 0 saturated heterocycles. The average molecular weight is 324 g/mol. The van der Waals surface area contributed by atoms with E-state index in [1.54, 1.807) is 11.9 Å². The summed E-state index contributed by atoms with van der Waals surface area (Å²) < 4.78 is 38.3. The second kappa shape index (κ2) is 4.38. The molecule has 0 radical (unpaired) electrons. The normalized spacial score (nSPS) is 12.1. The van der Waals surface area contributed by atoms with E-state index in [9.17, 15) is 13.2 Å². The summed E-state index contributed by atoms with van der Waals surface area (Å²) in [6.07, 6.45) is -4.59. The van der Waals surface area contributed by atoms with Gasteiger partial charge in [-0.3, -0.25) is 0 Å². The van der Waals surface area contributed by atoms with Crippen molar-refractivity contribution in [2.45, 2.75) is 13.1 Å². The van der Waals surface area contributed by atoms with E-state index in [1.165, 1.54) is 0 Å². The molecule has 0 bridgehead atoms. The van der Waals surface area contributed by atoms with Gasteiger partial charge in [0, 0.05) is 13.6 Å². The highest BCUT2D eigenvalue weighted by Gasteiger charge is 2.36. The van der Waals surface area contributed by atoms with Gasteiger partial charge in [0.1, 0.15) is 5.52 Å². The maximum absolute atomic E-state index is 12.7. The van der Waals surface area contributed by atoms with Crippen LogP contribution in [-0.4, -0.2) is 33.5 Å². The van der Waals surface area contributed by atoms with Gasteiger partial charge in [-0.15, -0.1) is 0 Å². The van der Waals surface area contributed by atoms with Crippen LogP contribution in [0.4, 0.5) is 19.0 Å². The van der Waals surface area contributed by atoms with E-state index >= 15 is 0 Å². The summed E-state index contributed by atoms with van der Waals surface area (Å²) in [6.45, 7) is 2.33. The molecule has 0 aliphatic carbocycles. The maximum atomic E-state index is 12.7. The molecule has 0 aliphatic heterocycles. The van der Waals surface area contributed by atoms with Gasteiger partial charge >= 0.3 is 6.18 Å². The Balaban J connectivity index is 2.72. The van der Waals surface area contributed by atoms with Crippen LogP contribution in [-0.2, 0) is 6.18 Å². The Morgan fingerprint density at radius 3 is 2.50 bits per heavy atom. The first-order chi connectivity index (χ1) is 8.32. The third kappa shape index (κ3) is 2.26. The minimum atomic E-state index is -4.59. The van der Waals surface area contributed by atoms with Crippen LogP contribution in [0.15, 0.2) is 4.73 Å². The number of aromatic amines is 1. The summed E-state index contributed by atoms with van der Waals surface area (Å²) in [7, 11) is 1.65. The van der Waals surface area contributed by atoms with E-state index in [2.05, 4.69) is 35.9 Å². The number of imidazole rings is 1. The number of nitrogens with one attached hydrogen (secondary N) is 1. The Morgan fingerprint density at radius 2 is 1.94 bits per heavy atom. The number of halogens is 4. The van der Waals surface area contributed by atoms with Gasteiger partial charge in [-0.25, -0.2) is 15.0 Å². The molecule has 0 unspecified atom stereocenters. The Hall–Kier alpha value is -1.38. The van der Waals surface area contributed by atoms with Crippen LogP contribution in [0.5, 0.6) is 0 Å². The van der Waals surface area contributed by atoms with E-state index in [4.69, 9.17) is 0 Å². The summed E-state index contributed by atoms with van der Waals surface area (Å²) in [5, 5.41) is 0. The lowest BCUT2D eigenvalue weighted by Gasteiger charge is -2.17. The fourth-order valence-electron chi connectivity index (χ4n) is 1.41. The highest BCUT2D eigenvalue weighted by molar-refractivity contribution is 9.10. The Labute approximate surface area is 109 Å². The third-order valence-corrected chi connectivity index (χ3v) is 2.77. The molecule has 2 heterocycles. The van der Waals surface area contributed by atoms with Gasteiger partial charge in [-0.2, -0.15) is 13.2 Å². The number of aromatic nitrogens is 4. The lowest BCUT2D eigenvalue weighted by Crippen LogP contribution is -2.21. The van der Waals surface area contributed by atoms with E-state index in [-0.39, 0.29) is 11.5 Å². The van der Waals surface area contributed by atoms with Gasteiger partial charge in [0.15, 0.2) is 16.2 Å². The SMILES string of the molecule is CCN(C)c1nc(C(F)(F)F)nc2nc(Br)[nH]c12. The molecule has 0 atom stereocenters. The second-order valence-corrected chi connectivity index (χ2v) is 4.36. The van der Waals surface area contributed by atoms with Crippen LogP contribution in [0, 0.1) is 0 Å². The zero-order valence-electron chi connectivity index (χ0n) is 9.51. The molecule has 0 aliphatic rings. The summed E-state index contributed by atoms with van der Waals surface area (Å²) in [5.41, 5.74) is 0.360. The van der Waals surface area contributed by atoms with Gasteiger partial charge in [0.05, 0.1) is 0 Å². The van der Waals surface area contributed by atoms with Crippen LogP contribution in [0.1, 0.15) is 12.7 Å². The van der Waals surface area contributed by atoms with Crippen molar-refractivity contribution in [2.24, 2.45) is 0 Å². The van der Waals surface area contributed by atoms with Crippen LogP contribution in [0.25, 0.3) is 11.2 Å². The second-order valence-electron chi connectivity index (χ2n) is 3.61. The number of anilines is 1. The van der Waals surface area contributed by atoms with Crippen LogP contribution < -0.4 is 4.90 Å². The number of hydrogen-bond acceptors (Lipinski definition) is 4. The van der Waals surface area contributed by atoms with Crippen molar-refractivity contribution in [3.63, 3.8) is 0 Å². The van der Waals surface area contributed by atoms with E-state index in [0.29, 0.717) is 16.8 Å². The monoisotopic (exact) mass is 323 g/mol. The van der Waals surface area contributed by atoms with Gasteiger partial charge < -0.3 is 9.88 Å². The average Bonchev–Trinajstić information content (AvgIpc) is 2.65. The molecule has 2 aromatic rings. The van der Waals surface area contributed by atoms with E-state index in [1.807, 2.05) is 6.92 Å². The molecule has 0 spiro atoms. The molecule has 18 heavy (non-hydrogen) atoms. The Kier molecular flexibility index (Phi) is 3.18. The third-order valence-electron chi connectivity index (χ3n) is 2.39. The first kappa shape index (κ1) is 13.1. The van der Waals surface area contributed by atoms with Crippen molar-refractivity contribution >= 4 is 32.9 Å². The molecule has 0 aromatic carbocycles. The molecular weight excluding hydrogens is 315 g/mol. The lowest BCUT2D eigenvalue weighted by atomic mass is 10.4. The van der Waals surface area contributed by atoms with Gasteiger partial charge in [-0.05, 0) is 22.9 Å². The standard InChI is InChI=1S/C9H9BrF3N5/c1-3-18(2)6-4-5(16-8(10)14-4)15-7(17-6)9(11,12)13/h3H2,1-2H3,(H,14,15,16,17). The minimum Gasteiger partial charge on any atom is -0.358 e. The number of fused-ring (bicyclic) bond motifs is 1. The van der Waals surface area contributed by atoms with Crippen LogP contribution >= 0.6 is 15.9 Å². The molecule has 9 heteroatoms. The summed E-state index contributed by atoms with van der Waals surface area (Å²) >= 11 is 3.07. The largest absolute Gasteiger partial charge is 0.451 e. The highest BCUT2D eigenvalue weighted by atomic mass is 79.9. The molecule has 0 fully saturated rings. The quantitative estimate of drug-likeness (QED) is 0.863. The molecule has 0 saturated carbocycles. The zero-order valence-corrected chi connectivity index (χ0v) is 11.1. The summed E-state index contributed by atoms with van der Waals surface area (Å²) in [4.78, 5) is 15.2. The maximum Gasteiger partial charge on any atom is 0.451 e. The number of hydrogen-bond donors (Lipinski definition) is 1. The topological polar surface area (TPSA) is 57.7 Å². The smallest absolute Gasteiger partial charge is 0.358 e. The highest BCUT2D eigenvalue weighted by Crippen LogP contribution is 2.31. The van der Waals surface area contributed by atoms with Gasteiger partial charge in [0.2, 0.25) is 5.82 Å². The molecule has 2 aromatic heterocycles.